The minimum absolute atomic E-state index is 0.0806. The van der Waals surface area contributed by atoms with Crippen molar-refractivity contribution < 1.29 is 9.21 Å². The molecule has 1 saturated heterocycles. The summed E-state index contributed by atoms with van der Waals surface area (Å²) >= 11 is 0. The highest BCUT2D eigenvalue weighted by molar-refractivity contribution is 5.80. The lowest BCUT2D eigenvalue weighted by Gasteiger charge is -2.32. The van der Waals surface area contributed by atoms with Crippen LogP contribution in [0.1, 0.15) is 31.9 Å². The summed E-state index contributed by atoms with van der Waals surface area (Å²) in [6, 6.07) is 12.2. The fraction of sp³-hybridized carbons (Fsp3) is 0.455. The Morgan fingerprint density at radius 3 is 2.75 bits per heavy atom. The van der Waals surface area contributed by atoms with Crippen molar-refractivity contribution in [3.8, 4) is 0 Å². The number of amides is 1. The molecule has 1 aromatic carbocycles. The molecule has 1 aliphatic rings. The first-order valence-electron chi connectivity index (χ1n) is 10.1. The number of imidazole rings is 1. The van der Waals surface area contributed by atoms with Gasteiger partial charge in [0.05, 0.1) is 17.3 Å². The average Bonchev–Trinajstić information content (AvgIpc) is 3.35. The monoisotopic (exact) mass is 380 g/mol. The Labute approximate surface area is 165 Å². The molecule has 0 radical (unpaired) electrons. The molecule has 0 bridgehead atoms. The highest BCUT2D eigenvalue weighted by atomic mass is 16.3. The highest BCUT2D eigenvalue weighted by Crippen LogP contribution is 2.26. The third kappa shape index (κ3) is 3.91. The van der Waals surface area contributed by atoms with Crippen molar-refractivity contribution >= 4 is 22.9 Å². The molecule has 148 valence electrons. The van der Waals surface area contributed by atoms with Gasteiger partial charge in [-0.25, -0.2) is 4.98 Å². The van der Waals surface area contributed by atoms with Crippen LogP contribution in [0.25, 0.3) is 11.0 Å². The molecule has 4 rings (SSSR count). The predicted molar refractivity (Wildman–Crippen MR) is 110 cm³/mol. The molecule has 3 aromatic rings. The predicted octanol–water partition coefficient (Wildman–Crippen LogP) is 3.52. The van der Waals surface area contributed by atoms with Crippen LogP contribution in [0.4, 0.5) is 5.95 Å². The largest absolute Gasteiger partial charge is 0.469 e. The number of hydrogen-bond donors (Lipinski definition) is 1. The molecule has 28 heavy (non-hydrogen) atoms. The zero-order chi connectivity index (χ0) is 19.5. The highest BCUT2D eigenvalue weighted by Gasteiger charge is 2.27. The van der Waals surface area contributed by atoms with E-state index in [9.17, 15) is 4.79 Å². The number of para-hydroxylation sites is 2. The standard InChI is InChI=1S/C22H28N4O2/c1-16(9-10-18-6-5-15-28-18)23-21(27)17-11-13-26(14-12-17)22-24-19-7-3-4-8-20(19)25(22)2/h3-8,15-17H,9-14H2,1-2H3,(H,23,27). The van der Waals surface area contributed by atoms with Gasteiger partial charge in [0, 0.05) is 38.5 Å². The molecule has 1 aliphatic heterocycles. The van der Waals surface area contributed by atoms with Gasteiger partial charge >= 0.3 is 0 Å². The molecule has 3 heterocycles. The van der Waals surface area contributed by atoms with Gasteiger partial charge in [0.1, 0.15) is 5.76 Å². The van der Waals surface area contributed by atoms with E-state index in [0.717, 1.165) is 61.5 Å². The molecule has 1 atom stereocenters. The number of piperidine rings is 1. The van der Waals surface area contributed by atoms with Crippen molar-refractivity contribution in [2.45, 2.75) is 38.6 Å². The van der Waals surface area contributed by atoms with Crippen molar-refractivity contribution in [3.63, 3.8) is 0 Å². The van der Waals surface area contributed by atoms with Gasteiger partial charge in [-0.1, -0.05) is 12.1 Å². The number of aromatic nitrogens is 2. The normalized spacial score (nSPS) is 16.4. The van der Waals surface area contributed by atoms with Crippen LogP contribution in [0.15, 0.2) is 47.1 Å². The molecule has 1 N–H and O–H groups in total. The van der Waals surface area contributed by atoms with Crippen LogP contribution in [0.5, 0.6) is 0 Å². The summed E-state index contributed by atoms with van der Waals surface area (Å²) < 4.78 is 7.51. The number of benzene rings is 1. The van der Waals surface area contributed by atoms with Crippen molar-refractivity contribution in [2.75, 3.05) is 18.0 Å². The van der Waals surface area contributed by atoms with E-state index in [1.807, 2.05) is 30.3 Å². The molecule has 1 unspecified atom stereocenters. The number of carbonyl (C=O) groups is 1. The Morgan fingerprint density at radius 1 is 1.25 bits per heavy atom. The Balaban J connectivity index is 1.29. The second kappa shape index (κ2) is 8.09. The van der Waals surface area contributed by atoms with Crippen LogP contribution in [-0.4, -0.2) is 34.6 Å². The molecular formula is C22H28N4O2. The number of carbonyl (C=O) groups excluding carboxylic acids is 1. The van der Waals surface area contributed by atoms with Crippen molar-refractivity contribution in [1.82, 2.24) is 14.9 Å². The van der Waals surface area contributed by atoms with Crippen LogP contribution in [0.2, 0.25) is 0 Å². The van der Waals surface area contributed by atoms with E-state index >= 15 is 0 Å². The van der Waals surface area contributed by atoms with E-state index in [1.165, 1.54) is 0 Å². The summed E-state index contributed by atoms with van der Waals surface area (Å²) in [7, 11) is 2.06. The lowest BCUT2D eigenvalue weighted by atomic mass is 9.95. The van der Waals surface area contributed by atoms with Crippen LogP contribution >= 0.6 is 0 Å². The van der Waals surface area contributed by atoms with E-state index in [-0.39, 0.29) is 17.9 Å². The molecule has 0 aliphatic carbocycles. The number of aryl methyl sites for hydroxylation is 2. The maximum atomic E-state index is 12.6. The van der Waals surface area contributed by atoms with Gasteiger partial charge in [-0.05, 0) is 50.5 Å². The first-order valence-corrected chi connectivity index (χ1v) is 10.1. The lowest BCUT2D eigenvalue weighted by Crippen LogP contribution is -2.43. The summed E-state index contributed by atoms with van der Waals surface area (Å²) in [5.41, 5.74) is 2.16. The summed E-state index contributed by atoms with van der Waals surface area (Å²) in [4.78, 5) is 19.7. The number of fused-ring (bicyclic) bond motifs is 1. The van der Waals surface area contributed by atoms with Crippen molar-refractivity contribution in [3.05, 3.63) is 48.4 Å². The first kappa shape index (κ1) is 18.6. The van der Waals surface area contributed by atoms with Gasteiger partial charge in [-0.2, -0.15) is 0 Å². The number of rotatable bonds is 6. The van der Waals surface area contributed by atoms with Crippen LogP contribution in [-0.2, 0) is 18.3 Å². The number of nitrogens with one attached hydrogen (secondary N) is 1. The minimum atomic E-state index is 0.0806. The number of hydrogen-bond acceptors (Lipinski definition) is 4. The smallest absolute Gasteiger partial charge is 0.223 e. The van der Waals surface area contributed by atoms with E-state index in [4.69, 9.17) is 9.40 Å². The average molecular weight is 380 g/mol. The molecule has 2 aromatic heterocycles. The summed E-state index contributed by atoms with van der Waals surface area (Å²) in [6.07, 6.45) is 5.15. The molecule has 6 heteroatoms. The maximum Gasteiger partial charge on any atom is 0.223 e. The fourth-order valence-corrected chi connectivity index (χ4v) is 4.00. The van der Waals surface area contributed by atoms with Gasteiger partial charge < -0.3 is 19.2 Å². The van der Waals surface area contributed by atoms with E-state index in [2.05, 4.69) is 34.8 Å². The molecule has 1 fully saturated rings. The Morgan fingerprint density at radius 2 is 2.04 bits per heavy atom. The second-order valence-corrected chi connectivity index (χ2v) is 7.75. The van der Waals surface area contributed by atoms with E-state index in [0.29, 0.717) is 0 Å². The SMILES string of the molecule is CC(CCc1ccco1)NC(=O)C1CCN(c2nc3ccccc3n2C)CC1. The third-order valence-electron chi connectivity index (χ3n) is 5.70. The van der Waals surface area contributed by atoms with E-state index < -0.39 is 0 Å². The van der Waals surface area contributed by atoms with Gasteiger partial charge in [-0.3, -0.25) is 4.79 Å². The maximum absolute atomic E-state index is 12.6. The molecule has 0 spiro atoms. The van der Waals surface area contributed by atoms with Crippen LogP contribution in [0.3, 0.4) is 0 Å². The lowest BCUT2D eigenvalue weighted by molar-refractivity contribution is -0.126. The van der Waals surface area contributed by atoms with Crippen molar-refractivity contribution in [2.24, 2.45) is 13.0 Å². The zero-order valence-electron chi connectivity index (χ0n) is 16.6. The Bertz CT molecular complexity index is 923. The third-order valence-corrected chi connectivity index (χ3v) is 5.70. The van der Waals surface area contributed by atoms with Crippen molar-refractivity contribution in [1.29, 1.82) is 0 Å². The fourth-order valence-electron chi connectivity index (χ4n) is 4.00. The summed E-state index contributed by atoms with van der Waals surface area (Å²) in [5, 5.41) is 3.18. The van der Waals surface area contributed by atoms with Gasteiger partial charge in [0.25, 0.3) is 0 Å². The minimum Gasteiger partial charge on any atom is -0.469 e. The Kier molecular flexibility index (Phi) is 5.37. The molecule has 0 saturated carbocycles. The topological polar surface area (TPSA) is 63.3 Å². The summed E-state index contributed by atoms with van der Waals surface area (Å²) in [6.45, 7) is 3.78. The number of anilines is 1. The molecule has 6 nitrogen and oxygen atoms in total. The molecular weight excluding hydrogens is 352 g/mol. The second-order valence-electron chi connectivity index (χ2n) is 7.75. The van der Waals surface area contributed by atoms with E-state index in [1.54, 1.807) is 6.26 Å². The van der Waals surface area contributed by atoms with Crippen LogP contribution < -0.4 is 10.2 Å². The molecule has 1 amide bonds. The zero-order valence-corrected chi connectivity index (χ0v) is 16.6. The first-order chi connectivity index (χ1) is 13.6. The number of nitrogens with zero attached hydrogens (tertiary/aromatic N) is 3. The van der Waals surface area contributed by atoms with Crippen LogP contribution in [0, 0.1) is 5.92 Å². The Hall–Kier alpha value is -2.76. The quantitative estimate of drug-likeness (QED) is 0.711. The summed E-state index contributed by atoms with van der Waals surface area (Å²) in [5.74, 6) is 2.22. The van der Waals surface area contributed by atoms with Gasteiger partial charge in [-0.15, -0.1) is 0 Å². The van der Waals surface area contributed by atoms with Gasteiger partial charge in [0.2, 0.25) is 11.9 Å². The van der Waals surface area contributed by atoms with Gasteiger partial charge in [0.15, 0.2) is 0 Å². The number of furan rings is 1.